The monoisotopic (exact) mass is 513 g/mol. The predicted molar refractivity (Wildman–Crippen MR) is 94.0 cm³/mol. The zero-order valence-electron chi connectivity index (χ0n) is 9.38. The first-order valence-corrected chi connectivity index (χ1v) is 8.23. The Morgan fingerprint density at radius 2 is 1.95 bits per heavy atom. The van der Waals surface area contributed by atoms with E-state index in [1.54, 1.807) is 18.2 Å². The quantitative estimate of drug-likeness (QED) is 0.510. The van der Waals surface area contributed by atoms with Crippen molar-refractivity contribution in [2.75, 3.05) is 5.32 Å². The zero-order valence-corrected chi connectivity index (χ0v) is 15.5. The van der Waals surface area contributed by atoms with Gasteiger partial charge in [-0.2, -0.15) is 0 Å². The number of hydrogen-bond donors (Lipinski definition) is 1. The minimum absolute atomic E-state index is 0.187. The van der Waals surface area contributed by atoms with Crippen molar-refractivity contribution in [1.82, 2.24) is 0 Å². The summed E-state index contributed by atoms with van der Waals surface area (Å²) < 4.78 is 2.42. The highest BCUT2D eigenvalue weighted by atomic mass is 127. The molecule has 6 heteroatoms. The van der Waals surface area contributed by atoms with Crippen LogP contribution in [-0.2, 0) is 0 Å². The largest absolute Gasteiger partial charge is 0.321 e. The van der Waals surface area contributed by atoms with Crippen LogP contribution < -0.4 is 5.32 Å². The van der Waals surface area contributed by atoms with Crippen LogP contribution in [0.1, 0.15) is 10.4 Å². The van der Waals surface area contributed by atoms with Gasteiger partial charge in [0, 0.05) is 8.04 Å². The normalized spacial score (nSPS) is 10.3. The number of halogens is 4. The summed E-state index contributed by atoms with van der Waals surface area (Å²) in [5.41, 5.74) is 1.22. The van der Waals surface area contributed by atoms with Crippen molar-refractivity contribution in [3.63, 3.8) is 0 Å². The number of anilines is 1. The summed E-state index contributed by atoms with van der Waals surface area (Å²) in [6, 6.07) is 10.9. The first-order chi connectivity index (χ1) is 8.99. The summed E-state index contributed by atoms with van der Waals surface area (Å²) in [7, 11) is 0. The van der Waals surface area contributed by atoms with Gasteiger partial charge in [-0.3, -0.25) is 4.79 Å². The maximum Gasteiger partial charge on any atom is 0.256 e. The van der Waals surface area contributed by atoms with Gasteiger partial charge >= 0.3 is 0 Å². The molecule has 1 amide bonds. The number of benzene rings is 2. The van der Waals surface area contributed by atoms with E-state index in [0.717, 1.165) is 8.04 Å². The number of carbonyl (C=O) groups excluding carboxylic acids is 1. The van der Waals surface area contributed by atoms with Crippen LogP contribution >= 0.6 is 66.1 Å². The number of hydrogen-bond acceptors (Lipinski definition) is 1. The molecule has 0 bridgehead atoms. The molecule has 0 aliphatic rings. The van der Waals surface area contributed by atoms with Crippen LogP contribution in [0.2, 0.25) is 5.02 Å². The lowest BCUT2D eigenvalue weighted by Gasteiger charge is -2.09. The van der Waals surface area contributed by atoms with Crippen LogP contribution in [-0.4, -0.2) is 5.91 Å². The van der Waals surface area contributed by atoms with Crippen LogP contribution in [0.5, 0.6) is 0 Å². The van der Waals surface area contributed by atoms with E-state index in [2.05, 4.69) is 59.8 Å². The summed E-state index contributed by atoms with van der Waals surface area (Å²) in [6.45, 7) is 0. The van der Waals surface area contributed by atoms with Crippen molar-refractivity contribution >= 4 is 77.6 Å². The minimum atomic E-state index is -0.187. The van der Waals surface area contributed by atoms with Gasteiger partial charge in [0.25, 0.3) is 5.91 Å². The second-order valence-corrected chi connectivity index (χ2v) is 6.98. The van der Waals surface area contributed by atoms with E-state index in [0.29, 0.717) is 20.7 Å². The Morgan fingerprint density at radius 3 is 2.68 bits per heavy atom. The first-order valence-electron chi connectivity index (χ1n) is 5.19. The van der Waals surface area contributed by atoms with Crippen LogP contribution in [0.4, 0.5) is 5.69 Å². The molecule has 0 unspecified atom stereocenters. The van der Waals surface area contributed by atoms with Gasteiger partial charge in [0.15, 0.2) is 0 Å². The average Bonchev–Trinajstić information content (AvgIpc) is 2.38. The van der Waals surface area contributed by atoms with Gasteiger partial charge in [-0.15, -0.1) is 0 Å². The van der Waals surface area contributed by atoms with Crippen LogP contribution in [0.15, 0.2) is 45.3 Å². The summed E-state index contributed by atoms with van der Waals surface area (Å²) >= 11 is 14.9. The summed E-state index contributed by atoms with van der Waals surface area (Å²) in [5, 5.41) is 3.39. The molecule has 0 saturated carbocycles. The smallest absolute Gasteiger partial charge is 0.256 e. The predicted octanol–water partition coefficient (Wildman–Crippen LogP) is 5.72. The van der Waals surface area contributed by atoms with Crippen molar-refractivity contribution in [2.45, 2.75) is 0 Å². The van der Waals surface area contributed by atoms with Gasteiger partial charge < -0.3 is 5.32 Å². The third-order valence-corrected chi connectivity index (χ3v) is 5.13. The maximum atomic E-state index is 12.2. The lowest BCUT2D eigenvalue weighted by molar-refractivity contribution is 0.102. The van der Waals surface area contributed by atoms with Gasteiger partial charge in [0.1, 0.15) is 0 Å². The third-order valence-electron chi connectivity index (χ3n) is 2.37. The Bertz CT molecular complexity index is 649. The molecule has 2 aromatic rings. The van der Waals surface area contributed by atoms with Crippen LogP contribution in [0.3, 0.4) is 0 Å². The maximum absolute atomic E-state index is 12.2. The molecule has 0 heterocycles. The Balaban J connectivity index is 2.31. The minimum Gasteiger partial charge on any atom is -0.321 e. The summed E-state index contributed by atoms with van der Waals surface area (Å²) in [5.74, 6) is -0.187. The van der Waals surface area contributed by atoms with Crippen molar-refractivity contribution in [3.05, 3.63) is 59.5 Å². The van der Waals surface area contributed by atoms with Crippen molar-refractivity contribution in [2.24, 2.45) is 0 Å². The Kier molecular flexibility index (Phi) is 5.28. The molecule has 19 heavy (non-hydrogen) atoms. The summed E-state index contributed by atoms with van der Waals surface area (Å²) in [6.07, 6.45) is 0. The van der Waals surface area contributed by atoms with E-state index in [1.807, 2.05) is 18.2 Å². The average molecular weight is 515 g/mol. The van der Waals surface area contributed by atoms with Crippen LogP contribution in [0.25, 0.3) is 0 Å². The lowest BCUT2D eigenvalue weighted by Crippen LogP contribution is -2.13. The molecular formula is C13H7Br2ClINO. The molecule has 0 spiro atoms. The second kappa shape index (κ2) is 6.56. The van der Waals surface area contributed by atoms with Gasteiger partial charge in [0.05, 0.1) is 20.7 Å². The third kappa shape index (κ3) is 3.71. The van der Waals surface area contributed by atoms with E-state index in [-0.39, 0.29) is 5.91 Å². The Labute approximate surface area is 146 Å². The number of nitrogens with one attached hydrogen (secondary N) is 1. The Hall–Kier alpha value is -0.110. The molecule has 98 valence electrons. The van der Waals surface area contributed by atoms with Gasteiger partial charge in [-0.25, -0.2) is 0 Å². The number of amides is 1. The van der Waals surface area contributed by atoms with E-state index < -0.39 is 0 Å². The van der Waals surface area contributed by atoms with Gasteiger partial charge in [-0.1, -0.05) is 17.7 Å². The Morgan fingerprint density at radius 1 is 1.21 bits per heavy atom. The van der Waals surface area contributed by atoms with Crippen molar-refractivity contribution in [1.29, 1.82) is 0 Å². The topological polar surface area (TPSA) is 29.1 Å². The molecule has 0 aliphatic heterocycles. The number of carbonyl (C=O) groups is 1. The van der Waals surface area contributed by atoms with E-state index in [4.69, 9.17) is 11.6 Å². The zero-order chi connectivity index (χ0) is 14.0. The summed E-state index contributed by atoms with van der Waals surface area (Å²) in [4.78, 5) is 12.2. The fourth-order valence-corrected chi connectivity index (χ4v) is 2.92. The number of rotatable bonds is 2. The molecule has 2 rings (SSSR count). The van der Waals surface area contributed by atoms with Crippen molar-refractivity contribution in [3.8, 4) is 0 Å². The van der Waals surface area contributed by atoms with E-state index >= 15 is 0 Å². The molecule has 0 aromatic heterocycles. The highest BCUT2D eigenvalue weighted by Crippen LogP contribution is 2.31. The molecular weight excluding hydrogens is 508 g/mol. The highest BCUT2D eigenvalue weighted by Gasteiger charge is 2.13. The molecule has 0 aliphatic carbocycles. The SMILES string of the molecule is O=C(Nc1cccc(Cl)c1Br)c1cc(I)ccc1Br. The lowest BCUT2D eigenvalue weighted by atomic mass is 10.2. The van der Waals surface area contributed by atoms with Gasteiger partial charge in [0.2, 0.25) is 0 Å². The van der Waals surface area contributed by atoms with Crippen LogP contribution in [0, 0.1) is 3.57 Å². The van der Waals surface area contributed by atoms with Crippen molar-refractivity contribution < 1.29 is 4.79 Å². The van der Waals surface area contributed by atoms with Gasteiger partial charge in [-0.05, 0) is 84.8 Å². The molecule has 0 saturated heterocycles. The molecule has 1 N–H and O–H groups in total. The van der Waals surface area contributed by atoms with E-state index in [9.17, 15) is 4.79 Å². The molecule has 0 radical (unpaired) electrons. The molecule has 2 aromatic carbocycles. The molecule has 0 fully saturated rings. The molecule has 0 atom stereocenters. The molecule has 2 nitrogen and oxygen atoms in total. The second-order valence-electron chi connectivity index (χ2n) is 3.68. The first kappa shape index (κ1) is 15.3. The fraction of sp³-hybridized carbons (Fsp3) is 0. The standard InChI is InChI=1S/C13H7Br2ClINO/c14-9-5-4-7(17)6-8(9)13(19)18-11-3-1-2-10(16)12(11)15/h1-6H,(H,18,19). The van der Waals surface area contributed by atoms with E-state index in [1.165, 1.54) is 0 Å². The fourth-order valence-electron chi connectivity index (χ4n) is 1.46. The highest BCUT2D eigenvalue weighted by molar-refractivity contribution is 14.1.